The standard InChI is InChI=1S/C16H24N2O3/c1-16(2)10-13(7-8-21-16)17-11-15(19)18-12-5-4-6-14(9-12)20-3/h4-6,9,13,17H,7-8,10-11H2,1-3H3,(H,18,19). The molecule has 1 aliphatic rings. The SMILES string of the molecule is COc1cccc(NC(=O)CNC2CCOC(C)(C)C2)c1. The summed E-state index contributed by atoms with van der Waals surface area (Å²) in [5.41, 5.74) is 0.632. The summed E-state index contributed by atoms with van der Waals surface area (Å²) >= 11 is 0. The Morgan fingerprint density at radius 2 is 2.29 bits per heavy atom. The normalized spacial score (nSPS) is 20.8. The Hall–Kier alpha value is -1.59. The number of anilines is 1. The van der Waals surface area contributed by atoms with E-state index < -0.39 is 0 Å². The third-order valence-electron chi connectivity index (χ3n) is 3.60. The molecule has 0 radical (unpaired) electrons. The molecule has 1 unspecified atom stereocenters. The van der Waals surface area contributed by atoms with Crippen LogP contribution in [0.2, 0.25) is 0 Å². The minimum atomic E-state index is -0.112. The highest BCUT2D eigenvalue weighted by molar-refractivity contribution is 5.92. The molecule has 2 rings (SSSR count). The predicted molar refractivity (Wildman–Crippen MR) is 82.7 cm³/mol. The zero-order valence-electron chi connectivity index (χ0n) is 12.9. The first-order chi connectivity index (χ1) is 9.98. The van der Waals surface area contributed by atoms with Gasteiger partial charge in [-0.05, 0) is 38.8 Å². The first kappa shape index (κ1) is 15.8. The molecule has 21 heavy (non-hydrogen) atoms. The Morgan fingerprint density at radius 3 is 3.00 bits per heavy atom. The molecule has 1 saturated heterocycles. The molecule has 0 saturated carbocycles. The number of hydrogen-bond acceptors (Lipinski definition) is 4. The fraction of sp³-hybridized carbons (Fsp3) is 0.562. The number of ether oxygens (including phenoxy) is 2. The minimum Gasteiger partial charge on any atom is -0.497 e. The van der Waals surface area contributed by atoms with Gasteiger partial charge in [0, 0.05) is 24.4 Å². The molecule has 1 aliphatic heterocycles. The van der Waals surface area contributed by atoms with Gasteiger partial charge in [0.1, 0.15) is 5.75 Å². The summed E-state index contributed by atoms with van der Waals surface area (Å²) in [7, 11) is 1.61. The van der Waals surface area contributed by atoms with Gasteiger partial charge in [-0.3, -0.25) is 4.79 Å². The van der Waals surface area contributed by atoms with Crippen molar-refractivity contribution < 1.29 is 14.3 Å². The monoisotopic (exact) mass is 292 g/mol. The second-order valence-corrected chi connectivity index (χ2v) is 5.96. The van der Waals surface area contributed by atoms with E-state index in [1.54, 1.807) is 13.2 Å². The van der Waals surface area contributed by atoms with Crippen LogP contribution in [0.15, 0.2) is 24.3 Å². The Bertz CT molecular complexity index is 488. The van der Waals surface area contributed by atoms with Gasteiger partial charge in [-0.15, -0.1) is 0 Å². The summed E-state index contributed by atoms with van der Waals surface area (Å²) in [4.78, 5) is 12.0. The highest BCUT2D eigenvalue weighted by Crippen LogP contribution is 2.23. The molecule has 0 bridgehead atoms. The third-order valence-corrected chi connectivity index (χ3v) is 3.60. The van der Waals surface area contributed by atoms with Gasteiger partial charge in [0.2, 0.25) is 5.91 Å². The van der Waals surface area contributed by atoms with Crippen molar-refractivity contribution in [1.29, 1.82) is 0 Å². The third kappa shape index (κ3) is 5.02. The summed E-state index contributed by atoms with van der Waals surface area (Å²) in [5, 5.41) is 6.17. The Kier molecular flexibility index (Phi) is 5.20. The van der Waals surface area contributed by atoms with Crippen LogP contribution in [0.3, 0.4) is 0 Å². The van der Waals surface area contributed by atoms with Gasteiger partial charge in [0.15, 0.2) is 0 Å². The van der Waals surface area contributed by atoms with E-state index in [9.17, 15) is 4.79 Å². The molecular weight excluding hydrogens is 268 g/mol. The van der Waals surface area contributed by atoms with E-state index in [4.69, 9.17) is 9.47 Å². The van der Waals surface area contributed by atoms with Crippen molar-refractivity contribution in [2.24, 2.45) is 0 Å². The van der Waals surface area contributed by atoms with Gasteiger partial charge in [-0.2, -0.15) is 0 Å². The molecule has 0 aromatic heterocycles. The fourth-order valence-electron chi connectivity index (χ4n) is 2.55. The second kappa shape index (κ2) is 6.91. The first-order valence-corrected chi connectivity index (χ1v) is 7.30. The van der Waals surface area contributed by atoms with Crippen LogP contribution in [0.25, 0.3) is 0 Å². The molecule has 0 spiro atoms. The number of methoxy groups -OCH3 is 1. The summed E-state index contributed by atoms with van der Waals surface area (Å²) in [5.74, 6) is 0.680. The van der Waals surface area contributed by atoms with E-state index >= 15 is 0 Å². The van der Waals surface area contributed by atoms with Crippen molar-refractivity contribution in [1.82, 2.24) is 5.32 Å². The highest BCUT2D eigenvalue weighted by atomic mass is 16.5. The van der Waals surface area contributed by atoms with E-state index in [0.29, 0.717) is 12.6 Å². The maximum absolute atomic E-state index is 12.0. The second-order valence-electron chi connectivity index (χ2n) is 5.96. The molecule has 2 N–H and O–H groups in total. The smallest absolute Gasteiger partial charge is 0.238 e. The Balaban J connectivity index is 1.79. The van der Waals surface area contributed by atoms with Crippen LogP contribution in [0.1, 0.15) is 26.7 Å². The fourth-order valence-corrected chi connectivity index (χ4v) is 2.55. The lowest BCUT2D eigenvalue weighted by Crippen LogP contribution is -2.45. The molecule has 1 fully saturated rings. The zero-order valence-corrected chi connectivity index (χ0v) is 12.9. The molecular formula is C16H24N2O3. The van der Waals surface area contributed by atoms with Gasteiger partial charge in [0.25, 0.3) is 0 Å². The van der Waals surface area contributed by atoms with Crippen molar-refractivity contribution in [2.75, 3.05) is 25.6 Å². The van der Waals surface area contributed by atoms with Crippen molar-refractivity contribution in [3.63, 3.8) is 0 Å². The average Bonchev–Trinajstić information content (AvgIpc) is 2.44. The molecule has 1 atom stereocenters. The van der Waals surface area contributed by atoms with Crippen LogP contribution in [-0.4, -0.2) is 37.8 Å². The molecule has 5 nitrogen and oxygen atoms in total. The quantitative estimate of drug-likeness (QED) is 0.873. The summed E-state index contributed by atoms with van der Waals surface area (Å²) in [6.07, 6.45) is 1.86. The molecule has 116 valence electrons. The zero-order chi connectivity index (χ0) is 15.3. The van der Waals surface area contributed by atoms with Crippen molar-refractivity contribution in [3.8, 4) is 5.75 Å². The van der Waals surface area contributed by atoms with Gasteiger partial charge >= 0.3 is 0 Å². The van der Waals surface area contributed by atoms with Gasteiger partial charge in [-0.1, -0.05) is 6.07 Å². The summed E-state index contributed by atoms with van der Waals surface area (Å²) in [6, 6.07) is 7.67. The number of carbonyl (C=O) groups excluding carboxylic acids is 1. The molecule has 1 amide bonds. The van der Waals surface area contributed by atoms with Crippen LogP contribution < -0.4 is 15.4 Å². The van der Waals surface area contributed by atoms with Crippen molar-refractivity contribution in [2.45, 2.75) is 38.3 Å². The number of hydrogen-bond donors (Lipinski definition) is 2. The summed E-state index contributed by atoms with van der Waals surface area (Å²) in [6.45, 7) is 5.20. The van der Waals surface area contributed by atoms with Crippen LogP contribution >= 0.6 is 0 Å². The van der Waals surface area contributed by atoms with Crippen LogP contribution in [0.4, 0.5) is 5.69 Å². The number of rotatable bonds is 5. The lowest BCUT2D eigenvalue weighted by atomic mass is 9.94. The van der Waals surface area contributed by atoms with Crippen molar-refractivity contribution >= 4 is 11.6 Å². The Morgan fingerprint density at radius 1 is 1.48 bits per heavy atom. The molecule has 1 heterocycles. The minimum absolute atomic E-state index is 0.0486. The number of carbonyl (C=O) groups is 1. The predicted octanol–water partition coefficient (Wildman–Crippen LogP) is 2.18. The lowest BCUT2D eigenvalue weighted by molar-refractivity contribution is -0.116. The number of nitrogens with one attached hydrogen (secondary N) is 2. The van der Waals surface area contributed by atoms with Crippen LogP contribution in [0, 0.1) is 0 Å². The Labute approximate surface area is 126 Å². The first-order valence-electron chi connectivity index (χ1n) is 7.30. The van der Waals surface area contributed by atoms with E-state index in [1.165, 1.54) is 0 Å². The number of amides is 1. The number of benzene rings is 1. The van der Waals surface area contributed by atoms with Gasteiger partial charge < -0.3 is 20.1 Å². The average molecular weight is 292 g/mol. The molecule has 1 aromatic rings. The van der Waals surface area contributed by atoms with Crippen LogP contribution in [-0.2, 0) is 9.53 Å². The van der Waals surface area contributed by atoms with Crippen molar-refractivity contribution in [3.05, 3.63) is 24.3 Å². The maximum atomic E-state index is 12.0. The lowest BCUT2D eigenvalue weighted by Gasteiger charge is -2.35. The highest BCUT2D eigenvalue weighted by Gasteiger charge is 2.28. The van der Waals surface area contributed by atoms with E-state index in [-0.39, 0.29) is 11.5 Å². The topological polar surface area (TPSA) is 59.6 Å². The van der Waals surface area contributed by atoms with E-state index in [2.05, 4.69) is 24.5 Å². The van der Waals surface area contributed by atoms with E-state index in [0.717, 1.165) is 30.9 Å². The summed E-state index contributed by atoms with van der Waals surface area (Å²) < 4.78 is 10.8. The molecule has 5 heteroatoms. The molecule has 1 aromatic carbocycles. The van der Waals surface area contributed by atoms with Gasteiger partial charge in [-0.25, -0.2) is 0 Å². The molecule has 0 aliphatic carbocycles. The largest absolute Gasteiger partial charge is 0.497 e. The maximum Gasteiger partial charge on any atom is 0.238 e. The van der Waals surface area contributed by atoms with Gasteiger partial charge in [0.05, 0.1) is 19.3 Å². The van der Waals surface area contributed by atoms with Crippen LogP contribution in [0.5, 0.6) is 5.75 Å². The van der Waals surface area contributed by atoms with E-state index in [1.807, 2.05) is 18.2 Å².